The van der Waals surface area contributed by atoms with Gasteiger partial charge in [-0.2, -0.15) is 0 Å². The number of carbonyl (C=O) groups is 3. The second-order valence-electron chi connectivity index (χ2n) is 24.1. The van der Waals surface area contributed by atoms with E-state index in [0.717, 1.165) is 64.2 Å². The lowest BCUT2D eigenvalue weighted by Crippen LogP contribution is -2.30. The highest BCUT2D eigenvalue weighted by Crippen LogP contribution is 2.18. The van der Waals surface area contributed by atoms with Crippen molar-refractivity contribution in [1.82, 2.24) is 0 Å². The molecular formula is C73H136O6. The average Bonchev–Trinajstić information content (AvgIpc) is 3.45. The zero-order chi connectivity index (χ0) is 57.1. The summed E-state index contributed by atoms with van der Waals surface area (Å²) in [5, 5.41) is 0. The van der Waals surface area contributed by atoms with Crippen molar-refractivity contribution in [3.63, 3.8) is 0 Å². The predicted molar refractivity (Wildman–Crippen MR) is 344 cm³/mol. The smallest absolute Gasteiger partial charge is 0.306 e. The lowest BCUT2D eigenvalue weighted by molar-refractivity contribution is -0.167. The fourth-order valence-corrected chi connectivity index (χ4v) is 10.8. The van der Waals surface area contributed by atoms with Gasteiger partial charge in [0.1, 0.15) is 13.2 Å². The Labute approximate surface area is 493 Å². The van der Waals surface area contributed by atoms with Gasteiger partial charge in [0.05, 0.1) is 0 Å². The van der Waals surface area contributed by atoms with Gasteiger partial charge >= 0.3 is 17.9 Å². The Hall–Kier alpha value is -2.37. The van der Waals surface area contributed by atoms with Gasteiger partial charge in [0, 0.05) is 19.3 Å². The van der Waals surface area contributed by atoms with Crippen LogP contribution >= 0.6 is 0 Å². The van der Waals surface area contributed by atoms with Crippen molar-refractivity contribution in [2.75, 3.05) is 13.2 Å². The molecule has 464 valence electrons. The van der Waals surface area contributed by atoms with Crippen LogP contribution in [0.3, 0.4) is 0 Å². The first-order chi connectivity index (χ1) is 39.0. The van der Waals surface area contributed by atoms with E-state index in [1.54, 1.807) is 0 Å². The van der Waals surface area contributed by atoms with Crippen molar-refractivity contribution in [2.24, 2.45) is 0 Å². The fraction of sp³-hybridized carbons (Fsp3) is 0.877. The number of hydrogen-bond donors (Lipinski definition) is 0. The molecule has 0 aromatic carbocycles. The van der Waals surface area contributed by atoms with E-state index in [9.17, 15) is 14.4 Å². The molecular weight excluding hydrogens is 973 g/mol. The van der Waals surface area contributed by atoms with Crippen LogP contribution in [-0.4, -0.2) is 37.2 Å². The second kappa shape index (κ2) is 68.1. The summed E-state index contributed by atoms with van der Waals surface area (Å²) >= 11 is 0. The van der Waals surface area contributed by atoms with Crippen molar-refractivity contribution >= 4 is 17.9 Å². The highest BCUT2D eigenvalue weighted by atomic mass is 16.6. The number of carbonyl (C=O) groups excluding carboxylic acids is 3. The molecule has 0 bridgehead atoms. The SMILES string of the molecule is CCCCCCC/C=C\C/C=C\CCCCCCCCCCCCCCCC(=O)OCC(COC(=O)CCCCCCCCCCCCCCCCCCC)OC(=O)CCCCCCCCCCC/C=C\CCCCCCCC. The molecule has 6 nitrogen and oxygen atoms in total. The lowest BCUT2D eigenvalue weighted by atomic mass is 10.0. The third-order valence-corrected chi connectivity index (χ3v) is 16.1. The Kier molecular flexibility index (Phi) is 66.1. The van der Waals surface area contributed by atoms with Crippen LogP contribution in [0.1, 0.15) is 393 Å². The second-order valence-corrected chi connectivity index (χ2v) is 24.1. The molecule has 0 amide bonds. The Morgan fingerprint density at radius 2 is 0.456 bits per heavy atom. The standard InChI is InChI=1S/C73H136O6/c1-4-7-10-13-16-19-22-25-28-31-33-34-35-36-37-38-40-42-45-48-51-54-57-60-63-66-72(75)78-69-70(68-77-71(74)65-62-59-56-53-50-47-44-41-30-27-24-21-18-15-12-9-6-3)79-73(76)67-64-61-58-55-52-49-46-43-39-32-29-26-23-20-17-14-11-8-5-2/h22,25-26,29,31,33,70H,4-21,23-24,27-28,30,32,34-69H2,1-3H3/b25-22-,29-26-,33-31-. The molecule has 0 saturated carbocycles. The molecule has 0 spiro atoms. The molecule has 1 unspecified atom stereocenters. The van der Waals surface area contributed by atoms with Gasteiger partial charge in [-0.15, -0.1) is 0 Å². The van der Waals surface area contributed by atoms with E-state index in [-0.39, 0.29) is 31.1 Å². The molecule has 6 heteroatoms. The molecule has 79 heavy (non-hydrogen) atoms. The fourth-order valence-electron chi connectivity index (χ4n) is 10.8. The van der Waals surface area contributed by atoms with Crippen LogP contribution in [0, 0.1) is 0 Å². The molecule has 0 aliphatic heterocycles. The number of hydrogen-bond acceptors (Lipinski definition) is 6. The highest BCUT2D eigenvalue weighted by Gasteiger charge is 2.19. The summed E-state index contributed by atoms with van der Waals surface area (Å²) in [5.74, 6) is -0.840. The summed E-state index contributed by atoms with van der Waals surface area (Å²) in [4.78, 5) is 38.5. The topological polar surface area (TPSA) is 78.9 Å². The zero-order valence-electron chi connectivity index (χ0n) is 53.4. The van der Waals surface area contributed by atoms with Gasteiger partial charge in [0.25, 0.3) is 0 Å². The maximum absolute atomic E-state index is 13.0. The third kappa shape index (κ3) is 66.3. The van der Waals surface area contributed by atoms with E-state index in [2.05, 4.69) is 57.2 Å². The minimum atomic E-state index is -0.772. The van der Waals surface area contributed by atoms with Gasteiger partial charge in [-0.05, 0) is 77.0 Å². The number of ether oxygens (including phenoxy) is 3. The van der Waals surface area contributed by atoms with E-state index in [0.29, 0.717) is 19.3 Å². The number of allylic oxidation sites excluding steroid dienone is 6. The third-order valence-electron chi connectivity index (χ3n) is 16.1. The van der Waals surface area contributed by atoms with Crippen LogP contribution in [0.2, 0.25) is 0 Å². The predicted octanol–water partition coefficient (Wildman–Crippen LogP) is 24.3. The molecule has 0 rings (SSSR count). The first kappa shape index (κ1) is 76.6. The van der Waals surface area contributed by atoms with Gasteiger partial charge in [-0.25, -0.2) is 0 Å². The maximum atomic E-state index is 13.0. The van der Waals surface area contributed by atoms with Crippen LogP contribution in [0.4, 0.5) is 0 Å². The van der Waals surface area contributed by atoms with Crippen LogP contribution in [0.5, 0.6) is 0 Å². The Balaban J connectivity index is 4.29. The van der Waals surface area contributed by atoms with Crippen LogP contribution in [-0.2, 0) is 28.6 Å². The Bertz CT molecular complexity index is 1320. The molecule has 1 atom stereocenters. The zero-order valence-corrected chi connectivity index (χ0v) is 53.4. The van der Waals surface area contributed by atoms with Crippen LogP contribution < -0.4 is 0 Å². The number of unbranched alkanes of at least 4 members (excludes halogenated alkanes) is 49. The van der Waals surface area contributed by atoms with E-state index in [1.165, 1.54) is 289 Å². The van der Waals surface area contributed by atoms with E-state index < -0.39 is 6.10 Å². The van der Waals surface area contributed by atoms with Crippen molar-refractivity contribution < 1.29 is 28.6 Å². The maximum Gasteiger partial charge on any atom is 0.306 e. The van der Waals surface area contributed by atoms with Crippen molar-refractivity contribution in [3.8, 4) is 0 Å². The summed E-state index contributed by atoms with van der Waals surface area (Å²) in [7, 11) is 0. The largest absolute Gasteiger partial charge is 0.462 e. The van der Waals surface area contributed by atoms with Gasteiger partial charge < -0.3 is 14.2 Å². The van der Waals surface area contributed by atoms with E-state index in [1.807, 2.05) is 0 Å². The average molecular weight is 1110 g/mol. The van der Waals surface area contributed by atoms with Crippen molar-refractivity contribution in [3.05, 3.63) is 36.5 Å². The van der Waals surface area contributed by atoms with E-state index in [4.69, 9.17) is 14.2 Å². The molecule has 0 aliphatic carbocycles. The number of esters is 3. The summed E-state index contributed by atoms with van der Waals surface area (Å²) in [6.07, 6.45) is 84.5. The van der Waals surface area contributed by atoms with Gasteiger partial charge in [-0.1, -0.05) is 333 Å². The molecule has 0 N–H and O–H groups in total. The van der Waals surface area contributed by atoms with Gasteiger partial charge in [-0.3, -0.25) is 14.4 Å². The normalized spacial score (nSPS) is 12.2. The number of rotatable bonds is 66. The Morgan fingerprint density at radius 1 is 0.253 bits per heavy atom. The molecule has 0 fully saturated rings. The molecule has 0 aromatic heterocycles. The van der Waals surface area contributed by atoms with Gasteiger partial charge in [0.2, 0.25) is 0 Å². The lowest BCUT2D eigenvalue weighted by Gasteiger charge is -2.18. The van der Waals surface area contributed by atoms with Crippen LogP contribution in [0.15, 0.2) is 36.5 Å². The van der Waals surface area contributed by atoms with Gasteiger partial charge in [0.15, 0.2) is 6.10 Å². The summed E-state index contributed by atoms with van der Waals surface area (Å²) in [5.41, 5.74) is 0. The summed E-state index contributed by atoms with van der Waals surface area (Å²) < 4.78 is 17.0. The minimum absolute atomic E-state index is 0.0675. The molecule has 0 aliphatic rings. The monoisotopic (exact) mass is 1110 g/mol. The molecule has 0 radical (unpaired) electrons. The minimum Gasteiger partial charge on any atom is -0.462 e. The molecule has 0 heterocycles. The molecule has 0 saturated heterocycles. The Morgan fingerprint density at radius 3 is 0.709 bits per heavy atom. The quantitative estimate of drug-likeness (QED) is 0.0261. The first-order valence-corrected chi connectivity index (χ1v) is 35.5. The molecule has 0 aromatic rings. The van der Waals surface area contributed by atoms with Crippen LogP contribution in [0.25, 0.3) is 0 Å². The summed E-state index contributed by atoms with van der Waals surface area (Å²) in [6, 6.07) is 0. The van der Waals surface area contributed by atoms with Crippen molar-refractivity contribution in [2.45, 2.75) is 399 Å². The first-order valence-electron chi connectivity index (χ1n) is 35.5. The highest BCUT2D eigenvalue weighted by molar-refractivity contribution is 5.71. The summed E-state index contributed by atoms with van der Waals surface area (Å²) in [6.45, 7) is 6.70. The van der Waals surface area contributed by atoms with Crippen molar-refractivity contribution in [1.29, 1.82) is 0 Å². The van der Waals surface area contributed by atoms with E-state index >= 15 is 0 Å².